The Morgan fingerprint density at radius 3 is 2.12 bits per heavy atom. The van der Waals surface area contributed by atoms with Gasteiger partial charge in [-0.15, -0.1) is 0 Å². The molecule has 0 spiro atoms. The molecule has 2 N–H and O–H groups in total. The fourth-order valence-corrected chi connectivity index (χ4v) is 3.55. The van der Waals surface area contributed by atoms with Crippen molar-refractivity contribution < 1.29 is 10.2 Å². The summed E-state index contributed by atoms with van der Waals surface area (Å²) in [5.74, 6) is 0. The number of hydrogen-bond donors (Lipinski definition) is 2. The van der Waals surface area contributed by atoms with Gasteiger partial charge in [-0.2, -0.15) is 0 Å². The summed E-state index contributed by atoms with van der Waals surface area (Å²) < 4.78 is 0. The quantitative estimate of drug-likeness (QED) is 0.559. The smallest absolute Gasteiger partial charge is 0.126 e. The Bertz CT molecular complexity index is 946. The van der Waals surface area contributed by atoms with E-state index in [9.17, 15) is 10.2 Å². The van der Waals surface area contributed by atoms with Crippen LogP contribution in [-0.2, 0) is 0 Å². The average Bonchev–Trinajstić information content (AvgIpc) is 2.96. The molecule has 1 aliphatic rings. The first-order chi connectivity index (χ1) is 12.1. The second-order valence-corrected chi connectivity index (χ2v) is 6.36. The van der Waals surface area contributed by atoms with E-state index in [1.165, 1.54) is 10.8 Å². The lowest BCUT2D eigenvalue weighted by Crippen LogP contribution is -2.40. The number of aliphatic hydroxyl groups is 2. The maximum absolute atomic E-state index is 9.88. The van der Waals surface area contributed by atoms with Gasteiger partial charge in [0.1, 0.15) is 12.5 Å². The third-order valence-corrected chi connectivity index (χ3v) is 4.61. The zero-order chi connectivity index (χ0) is 17.6. The molecule has 3 aromatic rings. The van der Waals surface area contributed by atoms with Gasteiger partial charge in [-0.1, -0.05) is 42.5 Å². The van der Waals surface area contributed by atoms with E-state index in [-0.39, 0.29) is 0 Å². The maximum Gasteiger partial charge on any atom is 0.126 e. The van der Waals surface area contributed by atoms with Gasteiger partial charge in [-0.25, -0.2) is 4.99 Å². The van der Waals surface area contributed by atoms with Gasteiger partial charge in [-0.05, 0) is 37.4 Å². The summed E-state index contributed by atoms with van der Waals surface area (Å²) in [6.07, 6.45) is -1.54. The van der Waals surface area contributed by atoms with Crippen LogP contribution in [0.2, 0.25) is 0 Å². The SMILES string of the molecule is CC(O)N(c1ccc(C2=Nc3cccc4cccc2c34)cc1)C(C)O. The normalized spacial score (nSPS) is 15.1. The fraction of sp³-hybridized carbons (Fsp3) is 0.190. The van der Waals surface area contributed by atoms with Crippen LogP contribution in [0.5, 0.6) is 0 Å². The minimum atomic E-state index is -0.771. The third kappa shape index (κ3) is 2.60. The summed E-state index contributed by atoms with van der Waals surface area (Å²) in [5, 5.41) is 22.1. The van der Waals surface area contributed by atoms with Crippen LogP contribution in [0.15, 0.2) is 65.7 Å². The van der Waals surface area contributed by atoms with Crippen LogP contribution in [0.4, 0.5) is 11.4 Å². The number of aliphatic hydroxyl groups excluding tert-OH is 2. The zero-order valence-electron chi connectivity index (χ0n) is 14.2. The second-order valence-electron chi connectivity index (χ2n) is 6.36. The van der Waals surface area contributed by atoms with Crippen LogP contribution in [0.25, 0.3) is 10.8 Å². The molecule has 0 aromatic heterocycles. The van der Waals surface area contributed by atoms with E-state index in [4.69, 9.17) is 4.99 Å². The maximum atomic E-state index is 9.88. The Labute approximate surface area is 146 Å². The molecule has 4 rings (SSSR count). The lowest BCUT2D eigenvalue weighted by atomic mass is 9.98. The molecule has 3 aromatic carbocycles. The predicted octanol–water partition coefficient (Wildman–Crippen LogP) is 3.81. The first-order valence-electron chi connectivity index (χ1n) is 8.42. The topological polar surface area (TPSA) is 56.1 Å². The summed E-state index contributed by atoms with van der Waals surface area (Å²) >= 11 is 0. The fourth-order valence-electron chi connectivity index (χ4n) is 3.55. The number of rotatable bonds is 4. The second kappa shape index (κ2) is 5.99. The van der Waals surface area contributed by atoms with Crippen molar-refractivity contribution in [3.05, 3.63) is 71.8 Å². The summed E-state index contributed by atoms with van der Waals surface area (Å²) in [6, 6.07) is 20.2. The molecule has 2 atom stereocenters. The minimum Gasteiger partial charge on any atom is -0.374 e. The Morgan fingerprint density at radius 2 is 1.48 bits per heavy atom. The van der Waals surface area contributed by atoms with E-state index in [0.717, 1.165) is 28.2 Å². The molecular weight excluding hydrogens is 312 g/mol. The van der Waals surface area contributed by atoms with Gasteiger partial charge in [0, 0.05) is 22.2 Å². The van der Waals surface area contributed by atoms with Gasteiger partial charge in [0.15, 0.2) is 0 Å². The molecule has 0 fully saturated rings. The van der Waals surface area contributed by atoms with Crippen molar-refractivity contribution in [2.75, 3.05) is 4.90 Å². The molecule has 0 amide bonds. The highest BCUT2D eigenvalue weighted by molar-refractivity contribution is 6.26. The monoisotopic (exact) mass is 332 g/mol. The van der Waals surface area contributed by atoms with Crippen LogP contribution in [0, 0.1) is 0 Å². The minimum absolute atomic E-state index is 0.767. The van der Waals surface area contributed by atoms with Crippen LogP contribution >= 0.6 is 0 Å². The number of aliphatic imine (C=N–C) groups is 1. The van der Waals surface area contributed by atoms with Crippen LogP contribution in [0.1, 0.15) is 25.0 Å². The standard InChI is InChI=1S/C21H20N2O2/c1-13(24)23(14(2)25)17-11-9-16(10-12-17)21-18-7-3-5-15-6-4-8-19(22-21)20(15)18/h3-14,24-25H,1-2H3. The lowest BCUT2D eigenvalue weighted by Gasteiger charge is -2.30. The molecule has 25 heavy (non-hydrogen) atoms. The third-order valence-electron chi connectivity index (χ3n) is 4.61. The highest BCUT2D eigenvalue weighted by Gasteiger charge is 2.21. The molecule has 0 bridgehead atoms. The number of hydrogen-bond acceptors (Lipinski definition) is 4. The Morgan fingerprint density at radius 1 is 0.840 bits per heavy atom. The van der Waals surface area contributed by atoms with Crippen molar-refractivity contribution in [3.63, 3.8) is 0 Å². The molecule has 2 unspecified atom stereocenters. The number of anilines is 1. The van der Waals surface area contributed by atoms with Crippen molar-refractivity contribution >= 4 is 27.9 Å². The van der Waals surface area contributed by atoms with Gasteiger partial charge in [0.2, 0.25) is 0 Å². The average molecular weight is 332 g/mol. The molecule has 0 aliphatic carbocycles. The first-order valence-corrected chi connectivity index (χ1v) is 8.42. The van der Waals surface area contributed by atoms with Gasteiger partial charge in [-0.3, -0.25) is 0 Å². The summed E-state index contributed by atoms with van der Waals surface area (Å²) in [4.78, 5) is 6.37. The molecule has 1 heterocycles. The molecule has 4 nitrogen and oxygen atoms in total. The molecule has 0 radical (unpaired) electrons. The zero-order valence-corrected chi connectivity index (χ0v) is 14.2. The van der Waals surface area contributed by atoms with Crippen molar-refractivity contribution in [3.8, 4) is 0 Å². The largest absolute Gasteiger partial charge is 0.374 e. The lowest BCUT2D eigenvalue weighted by molar-refractivity contribution is 0.105. The molecule has 4 heteroatoms. The Balaban J connectivity index is 1.74. The van der Waals surface area contributed by atoms with Crippen molar-refractivity contribution in [1.29, 1.82) is 0 Å². The van der Waals surface area contributed by atoms with Crippen molar-refractivity contribution in [2.24, 2.45) is 4.99 Å². The number of nitrogens with zero attached hydrogens (tertiary/aromatic N) is 2. The highest BCUT2D eigenvalue weighted by Crippen LogP contribution is 2.37. The van der Waals surface area contributed by atoms with E-state index in [2.05, 4.69) is 24.3 Å². The summed E-state index contributed by atoms with van der Waals surface area (Å²) in [5.41, 5.74) is 4.89. The Hall–Kier alpha value is -2.69. The molecule has 0 saturated heterocycles. The summed E-state index contributed by atoms with van der Waals surface area (Å²) in [7, 11) is 0. The predicted molar refractivity (Wildman–Crippen MR) is 102 cm³/mol. The molecule has 126 valence electrons. The van der Waals surface area contributed by atoms with Crippen LogP contribution in [-0.4, -0.2) is 28.4 Å². The van der Waals surface area contributed by atoms with E-state index in [1.807, 2.05) is 36.4 Å². The van der Waals surface area contributed by atoms with E-state index in [1.54, 1.807) is 18.7 Å². The van der Waals surface area contributed by atoms with E-state index < -0.39 is 12.5 Å². The molecular formula is C21H20N2O2. The Kier molecular flexibility index (Phi) is 3.79. The van der Waals surface area contributed by atoms with Gasteiger partial charge < -0.3 is 15.1 Å². The molecule has 1 aliphatic heterocycles. The van der Waals surface area contributed by atoms with Crippen LogP contribution < -0.4 is 4.90 Å². The van der Waals surface area contributed by atoms with Crippen molar-refractivity contribution in [2.45, 2.75) is 26.3 Å². The van der Waals surface area contributed by atoms with E-state index in [0.29, 0.717) is 0 Å². The van der Waals surface area contributed by atoms with E-state index >= 15 is 0 Å². The van der Waals surface area contributed by atoms with Gasteiger partial charge in [0.05, 0.1) is 11.4 Å². The first kappa shape index (κ1) is 15.8. The summed E-state index contributed by atoms with van der Waals surface area (Å²) in [6.45, 7) is 3.28. The molecule has 0 saturated carbocycles. The van der Waals surface area contributed by atoms with Gasteiger partial charge in [0.25, 0.3) is 0 Å². The van der Waals surface area contributed by atoms with Crippen molar-refractivity contribution in [1.82, 2.24) is 0 Å². The van der Waals surface area contributed by atoms with Crippen LogP contribution in [0.3, 0.4) is 0 Å². The van der Waals surface area contributed by atoms with Gasteiger partial charge >= 0.3 is 0 Å². The number of benzene rings is 3. The highest BCUT2D eigenvalue weighted by atomic mass is 16.3.